The number of hydrogen-bond donors (Lipinski definition) is 3. The summed E-state index contributed by atoms with van der Waals surface area (Å²) in [5, 5.41) is 0. The quantitative estimate of drug-likeness (QED) is 0.451. The van der Waals surface area contributed by atoms with Crippen LogP contribution in [-0.2, 0) is 4.57 Å². The Hall–Kier alpha value is 3.01. The monoisotopic (exact) mass is 412 g/mol. The maximum absolute atomic E-state index is 8.88. The van der Waals surface area contributed by atoms with Crippen LogP contribution in [0.4, 0.5) is 0 Å². The van der Waals surface area contributed by atoms with E-state index in [0.717, 1.165) is 0 Å². The fourth-order valence-corrected chi connectivity index (χ4v) is 0. The molecule has 0 aromatic rings. The zero-order valence-corrected chi connectivity index (χ0v) is 8.71. The number of rotatable bonds is 0. The zero-order chi connectivity index (χ0) is 4.50. The van der Waals surface area contributed by atoms with Gasteiger partial charge in [-0.2, -0.15) is 0 Å². The van der Waals surface area contributed by atoms with Crippen LogP contribution < -0.4 is 0 Å². The average Bonchev–Trinajstić information content (AvgIpc) is 0.722. The molecule has 4 nitrogen and oxygen atoms in total. The van der Waals surface area contributed by atoms with Gasteiger partial charge in [0, 0.05) is 88.7 Å². The van der Waals surface area contributed by atoms with E-state index in [1.807, 2.05) is 0 Å². The molecule has 0 aromatic carbocycles. The summed E-state index contributed by atoms with van der Waals surface area (Å²) >= 11 is 0. The van der Waals surface area contributed by atoms with Gasteiger partial charge < -0.3 is 14.7 Å². The Morgan fingerprint density at radius 2 is 1.14 bits per heavy atom. The van der Waals surface area contributed by atoms with Gasteiger partial charge >= 0.3 is 7.82 Å². The molecule has 0 fully saturated rings. The molecule has 0 spiro atoms. The standard InChI is InChI=1S/Ce.H3O4P.Yb/c;1-5(2,3)4;/h;(H3,1,2,3,4);. The molecule has 0 aliphatic rings. The first kappa shape index (κ1) is 16.5. The molecular formula is H3CeO4PYb. The molecule has 0 saturated carbocycles. The van der Waals surface area contributed by atoms with Crippen LogP contribution in [0, 0.1) is 88.7 Å². The van der Waals surface area contributed by atoms with E-state index in [2.05, 4.69) is 0 Å². The second-order valence-electron chi connectivity index (χ2n) is 0.513. The molecule has 0 bridgehead atoms. The fraction of sp³-hybridized carbons (Fsp3) is 0. The molecular weight excluding hydrogens is 408 g/mol. The van der Waals surface area contributed by atoms with Crippen molar-refractivity contribution in [3.63, 3.8) is 0 Å². The van der Waals surface area contributed by atoms with Crippen molar-refractivity contribution in [1.29, 1.82) is 0 Å². The van der Waals surface area contributed by atoms with Crippen molar-refractivity contribution in [3.8, 4) is 0 Å². The van der Waals surface area contributed by atoms with E-state index in [9.17, 15) is 0 Å². The van der Waals surface area contributed by atoms with E-state index in [-0.39, 0.29) is 88.7 Å². The van der Waals surface area contributed by atoms with Crippen molar-refractivity contribution in [2.75, 3.05) is 0 Å². The predicted octanol–water partition coefficient (Wildman–Crippen LogP) is -0.929. The van der Waals surface area contributed by atoms with Crippen LogP contribution in [0.15, 0.2) is 0 Å². The van der Waals surface area contributed by atoms with E-state index in [1.165, 1.54) is 0 Å². The zero-order valence-electron chi connectivity index (χ0n) is 2.96. The summed E-state index contributed by atoms with van der Waals surface area (Å²) in [5.41, 5.74) is 0. The van der Waals surface area contributed by atoms with Gasteiger partial charge in [-0.25, -0.2) is 4.57 Å². The second kappa shape index (κ2) is 7.12. The van der Waals surface area contributed by atoms with E-state index in [0.29, 0.717) is 0 Å². The third-order valence-electron chi connectivity index (χ3n) is 0. The minimum absolute atomic E-state index is 0. The fourth-order valence-electron chi connectivity index (χ4n) is 0. The third kappa shape index (κ3) is 48.9. The van der Waals surface area contributed by atoms with Gasteiger partial charge in [-0.1, -0.05) is 0 Å². The molecule has 0 atom stereocenters. The normalized spacial score (nSPS) is 8.43. The van der Waals surface area contributed by atoms with E-state index >= 15 is 0 Å². The maximum atomic E-state index is 8.88. The largest absolute Gasteiger partial charge is 0.466 e. The topological polar surface area (TPSA) is 77.8 Å². The summed E-state index contributed by atoms with van der Waals surface area (Å²) in [6.45, 7) is 0. The van der Waals surface area contributed by atoms with Crippen molar-refractivity contribution in [1.82, 2.24) is 0 Å². The second-order valence-corrected chi connectivity index (χ2v) is 1.54. The van der Waals surface area contributed by atoms with Gasteiger partial charge in [0.2, 0.25) is 0 Å². The Morgan fingerprint density at radius 1 is 1.14 bits per heavy atom. The van der Waals surface area contributed by atoms with E-state index < -0.39 is 7.82 Å². The Morgan fingerprint density at radius 3 is 1.14 bits per heavy atom. The van der Waals surface area contributed by atoms with Gasteiger partial charge in [-0.3, -0.25) is 0 Å². The van der Waals surface area contributed by atoms with Gasteiger partial charge in [-0.15, -0.1) is 0 Å². The van der Waals surface area contributed by atoms with Crippen LogP contribution in [-0.4, -0.2) is 14.7 Å². The third-order valence-corrected chi connectivity index (χ3v) is 0. The van der Waals surface area contributed by atoms with Crippen LogP contribution in [0.1, 0.15) is 0 Å². The molecule has 0 radical (unpaired) electrons. The maximum Gasteiger partial charge on any atom is 0.466 e. The minimum Gasteiger partial charge on any atom is -0.303 e. The molecule has 50 valence electrons. The van der Waals surface area contributed by atoms with Gasteiger partial charge in [0.1, 0.15) is 0 Å². The predicted molar refractivity (Wildman–Crippen MR) is 14.3 cm³/mol. The Labute approximate surface area is 113 Å². The summed E-state index contributed by atoms with van der Waals surface area (Å²) in [4.78, 5) is 21.6. The number of phosphoric acid groups is 1. The van der Waals surface area contributed by atoms with Crippen LogP contribution in [0.3, 0.4) is 0 Å². The SMILES string of the molecule is O=P(O)(O)O.[Ce].[Yb]. The molecule has 0 rings (SSSR count). The van der Waals surface area contributed by atoms with Crippen molar-refractivity contribution >= 4 is 7.82 Å². The minimum atomic E-state index is -4.64. The van der Waals surface area contributed by atoms with Gasteiger partial charge in [-0.05, 0) is 0 Å². The summed E-state index contributed by atoms with van der Waals surface area (Å²) < 4.78 is 8.88. The van der Waals surface area contributed by atoms with Crippen molar-refractivity contribution in [2.24, 2.45) is 0 Å². The summed E-state index contributed by atoms with van der Waals surface area (Å²) in [7, 11) is -4.64. The molecule has 7 heavy (non-hydrogen) atoms. The molecule has 7 heteroatoms. The molecule has 0 heterocycles. The van der Waals surface area contributed by atoms with Gasteiger partial charge in [0.25, 0.3) is 0 Å². The molecule has 0 aliphatic heterocycles. The smallest absolute Gasteiger partial charge is 0.303 e. The number of hydrogen-bond acceptors (Lipinski definition) is 1. The first-order valence-electron chi connectivity index (χ1n) is 0.783. The van der Waals surface area contributed by atoms with Crippen LogP contribution in [0.25, 0.3) is 0 Å². The van der Waals surface area contributed by atoms with Crippen molar-refractivity contribution in [2.45, 2.75) is 0 Å². The van der Waals surface area contributed by atoms with Crippen LogP contribution >= 0.6 is 7.82 Å². The summed E-state index contributed by atoms with van der Waals surface area (Å²) in [6.07, 6.45) is 0. The molecule has 0 aromatic heterocycles. The first-order chi connectivity index (χ1) is 2.00. The Kier molecular flexibility index (Phi) is 16.8. The van der Waals surface area contributed by atoms with Gasteiger partial charge in [0.15, 0.2) is 0 Å². The van der Waals surface area contributed by atoms with Gasteiger partial charge in [0.05, 0.1) is 0 Å². The van der Waals surface area contributed by atoms with Crippen molar-refractivity contribution < 1.29 is 108 Å². The Balaban J connectivity index is -0.0000000800. The molecule has 0 unspecified atom stereocenters. The van der Waals surface area contributed by atoms with E-state index in [1.54, 1.807) is 0 Å². The van der Waals surface area contributed by atoms with E-state index in [4.69, 9.17) is 19.2 Å². The van der Waals surface area contributed by atoms with Crippen LogP contribution in [0.5, 0.6) is 0 Å². The average molecular weight is 411 g/mol. The molecule has 0 amide bonds. The summed E-state index contributed by atoms with van der Waals surface area (Å²) in [6, 6.07) is 0. The molecule has 0 aliphatic carbocycles. The summed E-state index contributed by atoms with van der Waals surface area (Å²) in [5.74, 6) is 0. The first-order valence-corrected chi connectivity index (χ1v) is 2.35. The van der Waals surface area contributed by atoms with Crippen molar-refractivity contribution in [3.05, 3.63) is 0 Å². The molecule has 3 N–H and O–H groups in total. The Bertz CT molecular complexity index is 57.8. The van der Waals surface area contributed by atoms with Crippen LogP contribution in [0.2, 0.25) is 0 Å². The molecule has 0 saturated heterocycles.